The highest BCUT2D eigenvalue weighted by atomic mass is 16.6. The van der Waals surface area contributed by atoms with Crippen LogP contribution in [0.2, 0.25) is 0 Å². The number of aromatic amines is 1. The van der Waals surface area contributed by atoms with Crippen molar-refractivity contribution in [3.05, 3.63) is 52.8 Å². The summed E-state index contributed by atoms with van der Waals surface area (Å²) in [6, 6.07) is 10.5. The average Bonchev–Trinajstić information content (AvgIpc) is 3.49. The summed E-state index contributed by atoms with van der Waals surface area (Å²) in [6.07, 6.45) is 6.40. The summed E-state index contributed by atoms with van der Waals surface area (Å²) in [5, 5.41) is 14.8. The molecule has 2 N–H and O–H groups in total. The minimum Gasteiger partial charge on any atom is -0.395 e. The van der Waals surface area contributed by atoms with Crippen LogP contribution in [0, 0.1) is 25.7 Å². The van der Waals surface area contributed by atoms with E-state index in [-0.39, 0.29) is 11.9 Å². The summed E-state index contributed by atoms with van der Waals surface area (Å²) in [5.74, 6) is 1.03. The van der Waals surface area contributed by atoms with Crippen LogP contribution in [0.1, 0.15) is 65.8 Å². The number of nitrogens with zero attached hydrogens (tertiary/aromatic N) is 2. The Morgan fingerprint density at radius 3 is 2.48 bits per heavy atom. The first-order valence-corrected chi connectivity index (χ1v) is 10.7. The van der Waals surface area contributed by atoms with Gasteiger partial charge in [-0.15, -0.1) is 0 Å². The zero-order chi connectivity index (χ0) is 20.2. The zero-order valence-corrected chi connectivity index (χ0v) is 17.3. The highest BCUT2D eigenvalue weighted by molar-refractivity contribution is 6.02. The topological polar surface area (TPSA) is 79.4 Å². The van der Waals surface area contributed by atoms with E-state index in [0.717, 1.165) is 55.0 Å². The average molecular weight is 395 g/mol. The van der Waals surface area contributed by atoms with E-state index in [1.807, 2.05) is 32.0 Å². The Balaban J connectivity index is 1.37. The molecule has 6 heteroatoms. The molecule has 4 rings (SSSR count). The van der Waals surface area contributed by atoms with Crippen LogP contribution < -0.4 is 5.32 Å². The fourth-order valence-corrected chi connectivity index (χ4v) is 4.12. The Hall–Kier alpha value is -2.63. The van der Waals surface area contributed by atoms with Gasteiger partial charge in [-0.3, -0.25) is 9.89 Å². The quantitative estimate of drug-likeness (QED) is 0.547. The van der Waals surface area contributed by atoms with Crippen molar-refractivity contribution in [2.24, 2.45) is 17.0 Å². The number of aryl methyl sites for hydroxylation is 2. The minimum atomic E-state index is -0.0260. The molecule has 0 bridgehead atoms. The lowest BCUT2D eigenvalue weighted by Crippen LogP contribution is -2.39. The third kappa shape index (κ3) is 4.86. The molecule has 154 valence electrons. The lowest BCUT2D eigenvalue weighted by molar-refractivity contribution is 0.0923. The van der Waals surface area contributed by atoms with Crippen LogP contribution in [0.4, 0.5) is 0 Å². The Labute approximate surface area is 172 Å². The van der Waals surface area contributed by atoms with E-state index < -0.39 is 0 Å². The van der Waals surface area contributed by atoms with Gasteiger partial charge in [0.2, 0.25) is 0 Å². The van der Waals surface area contributed by atoms with Crippen molar-refractivity contribution in [3.8, 4) is 0 Å². The molecule has 0 radical (unpaired) electrons. The molecule has 2 fully saturated rings. The van der Waals surface area contributed by atoms with Crippen LogP contribution in [-0.2, 0) is 4.84 Å². The monoisotopic (exact) mass is 394 g/mol. The van der Waals surface area contributed by atoms with E-state index in [9.17, 15) is 4.79 Å². The SMILES string of the molecule is Cc1n[nH]c(C)c1C(=O)N[C@H]1CC[C@H](/C(=N/OCC2CC2)c2ccccc2)CC1. The van der Waals surface area contributed by atoms with Gasteiger partial charge in [0.05, 0.1) is 17.0 Å². The molecule has 1 aromatic heterocycles. The highest BCUT2D eigenvalue weighted by Gasteiger charge is 2.28. The summed E-state index contributed by atoms with van der Waals surface area (Å²) in [4.78, 5) is 18.4. The second-order valence-corrected chi connectivity index (χ2v) is 8.41. The van der Waals surface area contributed by atoms with E-state index in [1.54, 1.807) is 0 Å². The van der Waals surface area contributed by atoms with Gasteiger partial charge in [-0.2, -0.15) is 5.10 Å². The zero-order valence-electron chi connectivity index (χ0n) is 17.3. The molecular weight excluding hydrogens is 364 g/mol. The molecule has 2 saturated carbocycles. The molecule has 1 aromatic carbocycles. The molecule has 0 saturated heterocycles. The predicted octanol–water partition coefficient (Wildman–Crippen LogP) is 4.15. The van der Waals surface area contributed by atoms with Crippen molar-refractivity contribution >= 4 is 11.6 Å². The van der Waals surface area contributed by atoms with Gasteiger partial charge in [0.15, 0.2) is 0 Å². The van der Waals surface area contributed by atoms with Crippen LogP contribution >= 0.6 is 0 Å². The van der Waals surface area contributed by atoms with Gasteiger partial charge >= 0.3 is 0 Å². The van der Waals surface area contributed by atoms with Gasteiger partial charge in [0.25, 0.3) is 5.91 Å². The molecule has 0 unspecified atom stereocenters. The van der Waals surface area contributed by atoms with Crippen molar-refractivity contribution in [3.63, 3.8) is 0 Å². The first-order chi connectivity index (χ1) is 14.1. The van der Waals surface area contributed by atoms with Crippen molar-refractivity contribution in [1.29, 1.82) is 0 Å². The van der Waals surface area contributed by atoms with Crippen LogP contribution in [0.5, 0.6) is 0 Å². The van der Waals surface area contributed by atoms with Crippen molar-refractivity contribution in [2.45, 2.75) is 58.4 Å². The van der Waals surface area contributed by atoms with Gasteiger partial charge in [-0.25, -0.2) is 0 Å². The van der Waals surface area contributed by atoms with Crippen LogP contribution in [0.15, 0.2) is 35.5 Å². The number of hydrogen-bond acceptors (Lipinski definition) is 4. The smallest absolute Gasteiger partial charge is 0.255 e. The summed E-state index contributed by atoms with van der Waals surface area (Å²) < 4.78 is 0. The number of hydrogen-bond donors (Lipinski definition) is 2. The molecular formula is C23H30N4O2. The fourth-order valence-electron chi connectivity index (χ4n) is 4.12. The molecule has 2 aliphatic carbocycles. The van der Waals surface area contributed by atoms with Gasteiger partial charge in [0, 0.05) is 17.7 Å². The third-order valence-corrected chi connectivity index (χ3v) is 6.04. The van der Waals surface area contributed by atoms with Crippen molar-refractivity contribution in [1.82, 2.24) is 15.5 Å². The molecule has 29 heavy (non-hydrogen) atoms. The normalized spacial score (nSPS) is 22.3. The predicted molar refractivity (Wildman–Crippen MR) is 113 cm³/mol. The van der Waals surface area contributed by atoms with Gasteiger partial charge in [-0.1, -0.05) is 35.5 Å². The van der Waals surface area contributed by atoms with Crippen LogP contribution in [0.25, 0.3) is 0 Å². The Morgan fingerprint density at radius 1 is 1.14 bits per heavy atom. The van der Waals surface area contributed by atoms with E-state index in [4.69, 9.17) is 4.84 Å². The number of oxime groups is 1. The molecule has 2 aliphatic rings. The second kappa shape index (κ2) is 8.80. The van der Waals surface area contributed by atoms with E-state index in [2.05, 4.69) is 32.8 Å². The van der Waals surface area contributed by atoms with Gasteiger partial charge < -0.3 is 10.2 Å². The number of carbonyl (C=O) groups is 1. The number of benzene rings is 1. The number of H-pyrrole nitrogens is 1. The summed E-state index contributed by atoms with van der Waals surface area (Å²) in [6.45, 7) is 4.47. The lowest BCUT2D eigenvalue weighted by Gasteiger charge is -2.30. The number of nitrogens with one attached hydrogen (secondary N) is 2. The largest absolute Gasteiger partial charge is 0.395 e. The first-order valence-electron chi connectivity index (χ1n) is 10.7. The number of carbonyl (C=O) groups excluding carboxylic acids is 1. The summed E-state index contributed by atoms with van der Waals surface area (Å²) in [7, 11) is 0. The molecule has 0 aliphatic heterocycles. The standard InChI is InChI=1S/C23H30N4O2/c1-15-21(16(2)26-25-15)23(28)24-20-12-10-19(11-13-20)22(18-6-4-3-5-7-18)27-29-14-17-8-9-17/h3-7,17,19-20H,8-14H2,1-2H3,(H,24,28)(H,25,26)/b27-22+/t19-,20-. The molecule has 2 aromatic rings. The number of aromatic nitrogens is 2. The number of amides is 1. The molecule has 0 spiro atoms. The van der Waals surface area contributed by atoms with Crippen molar-refractivity contribution < 1.29 is 9.63 Å². The molecule has 1 heterocycles. The Kier molecular flexibility index (Phi) is 5.97. The Bertz CT molecular complexity index is 843. The minimum absolute atomic E-state index is 0.0260. The highest BCUT2D eigenvalue weighted by Crippen LogP contribution is 2.31. The maximum atomic E-state index is 12.6. The summed E-state index contributed by atoms with van der Waals surface area (Å²) >= 11 is 0. The molecule has 0 atom stereocenters. The summed E-state index contributed by atoms with van der Waals surface area (Å²) in [5.41, 5.74) is 4.44. The fraction of sp³-hybridized carbons (Fsp3) is 0.522. The van der Waals surface area contributed by atoms with Crippen LogP contribution in [-0.4, -0.2) is 34.5 Å². The van der Waals surface area contributed by atoms with E-state index in [0.29, 0.717) is 17.4 Å². The van der Waals surface area contributed by atoms with Crippen molar-refractivity contribution in [2.75, 3.05) is 6.61 Å². The van der Waals surface area contributed by atoms with Crippen LogP contribution in [0.3, 0.4) is 0 Å². The first kappa shape index (κ1) is 19.7. The third-order valence-electron chi connectivity index (χ3n) is 6.04. The molecule has 1 amide bonds. The number of rotatable bonds is 7. The van der Waals surface area contributed by atoms with E-state index >= 15 is 0 Å². The molecule has 6 nitrogen and oxygen atoms in total. The lowest BCUT2D eigenvalue weighted by atomic mass is 9.81. The van der Waals surface area contributed by atoms with Gasteiger partial charge in [-0.05, 0) is 63.9 Å². The Morgan fingerprint density at radius 2 is 1.86 bits per heavy atom. The maximum Gasteiger partial charge on any atom is 0.255 e. The maximum absolute atomic E-state index is 12.6. The second-order valence-electron chi connectivity index (χ2n) is 8.41. The van der Waals surface area contributed by atoms with E-state index in [1.165, 1.54) is 12.8 Å². The van der Waals surface area contributed by atoms with Gasteiger partial charge in [0.1, 0.15) is 6.61 Å².